The average molecular weight is 393 g/mol. The number of sulfonamides is 1. The maximum atomic E-state index is 12.9. The Morgan fingerprint density at radius 3 is 2.63 bits per heavy atom. The Morgan fingerprint density at radius 1 is 1.22 bits per heavy atom. The van der Waals surface area contributed by atoms with Crippen LogP contribution in [-0.2, 0) is 19.6 Å². The minimum atomic E-state index is -3.48. The van der Waals surface area contributed by atoms with Crippen LogP contribution in [0.3, 0.4) is 0 Å². The standard InChI is InChI=1S/C20H28N2O4S/c1-15-14-22(27(24,25)17-5-3-2-4-6-17)12-11-20(15)10-9-18(26-20)19(23)21-13-16-7-8-16/h2-6,15-16,18H,7-14H2,1H3,(H,21,23)/t15-,18-,20-/m1/s1. The first-order valence-corrected chi connectivity index (χ1v) is 11.4. The summed E-state index contributed by atoms with van der Waals surface area (Å²) in [6.07, 6.45) is 4.17. The zero-order valence-electron chi connectivity index (χ0n) is 15.8. The molecule has 2 aliphatic heterocycles. The number of piperidine rings is 1. The van der Waals surface area contributed by atoms with Gasteiger partial charge in [-0.05, 0) is 56.1 Å². The molecule has 3 atom stereocenters. The predicted molar refractivity (Wildman–Crippen MR) is 102 cm³/mol. The van der Waals surface area contributed by atoms with Gasteiger partial charge in [0, 0.05) is 19.6 Å². The third-order valence-corrected chi connectivity index (χ3v) is 8.18. The van der Waals surface area contributed by atoms with Crippen LogP contribution in [0.4, 0.5) is 0 Å². The topological polar surface area (TPSA) is 75.7 Å². The molecule has 2 saturated heterocycles. The van der Waals surface area contributed by atoms with Crippen LogP contribution >= 0.6 is 0 Å². The van der Waals surface area contributed by atoms with E-state index in [4.69, 9.17) is 4.74 Å². The molecule has 0 unspecified atom stereocenters. The molecule has 3 aliphatic rings. The van der Waals surface area contributed by atoms with Crippen LogP contribution in [0.5, 0.6) is 0 Å². The van der Waals surface area contributed by atoms with Crippen molar-refractivity contribution < 1.29 is 17.9 Å². The van der Waals surface area contributed by atoms with Gasteiger partial charge in [-0.25, -0.2) is 8.42 Å². The van der Waals surface area contributed by atoms with Gasteiger partial charge in [-0.2, -0.15) is 4.31 Å². The average Bonchev–Trinajstić information content (AvgIpc) is 3.41. The lowest BCUT2D eigenvalue weighted by atomic mass is 9.81. The summed E-state index contributed by atoms with van der Waals surface area (Å²) < 4.78 is 33.6. The van der Waals surface area contributed by atoms with E-state index >= 15 is 0 Å². The van der Waals surface area contributed by atoms with E-state index < -0.39 is 16.1 Å². The van der Waals surface area contributed by atoms with Gasteiger partial charge in [0.15, 0.2) is 0 Å². The molecule has 2 heterocycles. The lowest BCUT2D eigenvalue weighted by molar-refractivity contribution is -0.145. The van der Waals surface area contributed by atoms with E-state index in [9.17, 15) is 13.2 Å². The van der Waals surface area contributed by atoms with Crippen LogP contribution in [0.25, 0.3) is 0 Å². The van der Waals surface area contributed by atoms with Gasteiger partial charge in [0.25, 0.3) is 0 Å². The number of hydrogen-bond acceptors (Lipinski definition) is 4. The van der Waals surface area contributed by atoms with Crippen molar-refractivity contribution in [2.45, 2.75) is 55.6 Å². The van der Waals surface area contributed by atoms with E-state index in [1.165, 1.54) is 12.8 Å². The molecule has 1 spiro atoms. The van der Waals surface area contributed by atoms with Crippen LogP contribution in [0, 0.1) is 11.8 Å². The van der Waals surface area contributed by atoms with Crippen molar-refractivity contribution in [3.8, 4) is 0 Å². The van der Waals surface area contributed by atoms with Crippen LogP contribution < -0.4 is 5.32 Å². The number of nitrogens with zero attached hydrogens (tertiary/aromatic N) is 1. The number of nitrogens with one attached hydrogen (secondary N) is 1. The molecule has 1 amide bonds. The summed E-state index contributed by atoms with van der Waals surface area (Å²) >= 11 is 0. The molecule has 0 aromatic heterocycles. The third-order valence-electron chi connectivity index (χ3n) is 6.30. The number of carbonyl (C=O) groups is 1. The molecule has 4 rings (SSSR count). The fourth-order valence-electron chi connectivity index (χ4n) is 4.27. The van der Waals surface area contributed by atoms with Crippen molar-refractivity contribution in [3.05, 3.63) is 30.3 Å². The quantitative estimate of drug-likeness (QED) is 0.833. The Balaban J connectivity index is 1.39. The van der Waals surface area contributed by atoms with Gasteiger partial charge >= 0.3 is 0 Å². The summed E-state index contributed by atoms with van der Waals surface area (Å²) in [5.41, 5.74) is -0.385. The Bertz CT molecular complexity index is 793. The highest BCUT2D eigenvalue weighted by Gasteiger charge is 2.50. The fourth-order valence-corrected chi connectivity index (χ4v) is 5.82. The molecule has 7 heteroatoms. The molecule has 1 aromatic rings. The van der Waals surface area contributed by atoms with Gasteiger partial charge in [0.05, 0.1) is 10.5 Å². The molecule has 27 heavy (non-hydrogen) atoms. The first kappa shape index (κ1) is 18.9. The lowest BCUT2D eigenvalue weighted by Gasteiger charge is -2.43. The van der Waals surface area contributed by atoms with Gasteiger partial charge in [-0.3, -0.25) is 4.79 Å². The van der Waals surface area contributed by atoms with Crippen molar-refractivity contribution in [1.82, 2.24) is 9.62 Å². The number of ether oxygens (including phenoxy) is 1. The Hall–Kier alpha value is -1.44. The van der Waals surface area contributed by atoms with E-state index in [-0.39, 0.29) is 17.4 Å². The summed E-state index contributed by atoms with van der Waals surface area (Å²) in [4.78, 5) is 12.7. The normalized spacial score (nSPS) is 31.9. The van der Waals surface area contributed by atoms with E-state index in [0.717, 1.165) is 13.0 Å². The fraction of sp³-hybridized carbons (Fsp3) is 0.650. The van der Waals surface area contributed by atoms with Crippen LogP contribution in [0.15, 0.2) is 35.2 Å². The Labute approximate surface area is 161 Å². The SMILES string of the molecule is C[C@@H]1CN(S(=O)(=O)c2ccccc2)CC[C@]12CC[C@H](C(=O)NCC1CC1)O2. The van der Waals surface area contributed by atoms with E-state index in [2.05, 4.69) is 5.32 Å². The molecule has 148 valence electrons. The van der Waals surface area contributed by atoms with Crippen molar-refractivity contribution >= 4 is 15.9 Å². The summed E-state index contributed by atoms with van der Waals surface area (Å²) in [6.45, 7) is 3.65. The first-order chi connectivity index (χ1) is 12.9. The van der Waals surface area contributed by atoms with Crippen LogP contribution in [0.2, 0.25) is 0 Å². The molecule has 1 aliphatic carbocycles. The molecule has 1 aromatic carbocycles. The van der Waals surface area contributed by atoms with E-state index in [1.54, 1.807) is 28.6 Å². The largest absolute Gasteiger partial charge is 0.362 e. The molecular weight excluding hydrogens is 364 g/mol. The van der Waals surface area contributed by atoms with Gasteiger partial charge in [0.2, 0.25) is 15.9 Å². The molecule has 1 saturated carbocycles. The second kappa shape index (κ2) is 7.18. The predicted octanol–water partition coefficient (Wildman–Crippen LogP) is 2.16. The van der Waals surface area contributed by atoms with Crippen molar-refractivity contribution in [3.63, 3.8) is 0 Å². The molecule has 6 nitrogen and oxygen atoms in total. The minimum Gasteiger partial charge on any atom is -0.362 e. The highest BCUT2D eigenvalue weighted by molar-refractivity contribution is 7.89. The maximum Gasteiger partial charge on any atom is 0.249 e. The monoisotopic (exact) mass is 392 g/mol. The zero-order chi connectivity index (χ0) is 19.1. The molecule has 0 radical (unpaired) electrons. The van der Waals surface area contributed by atoms with E-state index in [1.807, 2.05) is 13.0 Å². The maximum absolute atomic E-state index is 12.9. The van der Waals surface area contributed by atoms with Gasteiger partial charge in [0.1, 0.15) is 6.10 Å². The number of benzene rings is 1. The summed E-state index contributed by atoms with van der Waals surface area (Å²) in [5, 5.41) is 3.01. The highest BCUT2D eigenvalue weighted by atomic mass is 32.2. The molecular formula is C20H28N2O4S. The molecule has 3 fully saturated rings. The summed E-state index contributed by atoms with van der Waals surface area (Å²) in [7, 11) is -3.48. The third kappa shape index (κ3) is 3.77. The summed E-state index contributed by atoms with van der Waals surface area (Å²) in [6, 6.07) is 8.57. The second-order valence-electron chi connectivity index (χ2n) is 8.23. The molecule has 1 N–H and O–H groups in total. The molecule has 0 bridgehead atoms. The Morgan fingerprint density at radius 2 is 1.96 bits per heavy atom. The van der Waals surface area contributed by atoms with Crippen LogP contribution in [-0.4, -0.2) is 50.0 Å². The van der Waals surface area contributed by atoms with Crippen LogP contribution in [0.1, 0.15) is 39.0 Å². The van der Waals surface area contributed by atoms with Crippen molar-refractivity contribution in [1.29, 1.82) is 0 Å². The van der Waals surface area contributed by atoms with E-state index in [0.29, 0.717) is 36.7 Å². The highest BCUT2D eigenvalue weighted by Crippen LogP contribution is 2.43. The second-order valence-corrected chi connectivity index (χ2v) is 10.2. The van der Waals surface area contributed by atoms with Gasteiger partial charge in [-0.15, -0.1) is 0 Å². The van der Waals surface area contributed by atoms with Gasteiger partial charge < -0.3 is 10.1 Å². The van der Waals surface area contributed by atoms with Crippen molar-refractivity contribution in [2.24, 2.45) is 11.8 Å². The van der Waals surface area contributed by atoms with Gasteiger partial charge in [-0.1, -0.05) is 25.1 Å². The smallest absolute Gasteiger partial charge is 0.249 e. The number of hydrogen-bond donors (Lipinski definition) is 1. The first-order valence-electron chi connectivity index (χ1n) is 9.91. The minimum absolute atomic E-state index is 0.00897. The number of amides is 1. The number of rotatable bonds is 5. The van der Waals surface area contributed by atoms with Crippen molar-refractivity contribution in [2.75, 3.05) is 19.6 Å². The number of carbonyl (C=O) groups excluding carboxylic acids is 1. The zero-order valence-corrected chi connectivity index (χ0v) is 16.6. The summed E-state index contributed by atoms with van der Waals surface area (Å²) in [5.74, 6) is 0.686. The lowest BCUT2D eigenvalue weighted by Crippen LogP contribution is -2.53. The Kier molecular flexibility index (Phi) is 5.03.